The molecule has 290 valence electrons. The van der Waals surface area contributed by atoms with Gasteiger partial charge in [0.25, 0.3) is 0 Å². The Morgan fingerprint density at radius 3 is 1.79 bits per heavy atom. The molecular formula is C57H35N3O2. The lowest BCUT2D eigenvalue weighted by Gasteiger charge is -2.23. The van der Waals surface area contributed by atoms with Crippen LogP contribution in [0.25, 0.3) is 98.4 Å². The zero-order valence-corrected chi connectivity index (χ0v) is 33.3. The number of aliphatic imine (C=N–C) groups is 2. The van der Waals surface area contributed by atoms with Crippen LogP contribution in [0.3, 0.4) is 0 Å². The topological polar surface area (TPSA) is 63.0 Å². The lowest BCUT2D eigenvalue weighted by Crippen LogP contribution is -2.36. The van der Waals surface area contributed by atoms with Crippen molar-refractivity contribution in [3.63, 3.8) is 0 Å². The quantitative estimate of drug-likeness (QED) is 0.177. The zero-order valence-electron chi connectivity index (χ0n) is 33.3. The van der Waals surface area contributed by atoms with Crippen LogP contribution < -0.4 is 5.32 Å². The molecule has 1 unspecified atom stereocenters. The first kappa shape index (κ1) is 34.6. The first-order valence-corrected chi connectivity index (χ1v) is 21.0. The van der Waals surface area contributed by atoms with Crippen molar-refractivity contribution in [3.8, 4) is 22.3 Å². The molecule has 1 aliphatic heterocycles. The second kappa shape index (κ2) is 13.6. The number of nitrogens with zero attached hydrogens (tertiary/aromatic N) is 2. The van der Waals surface area contributed by atoms with E-state index in [4.69, 9.17) is 18.8 Å². The molecule has 2 aromatic heterocycles. The molecular weight excluding hydrogens is 759 g/mol. The Morgan fingerprint density at radius 1 is 0.355 bits per heavy atom. The maximum Gasteiger partial charge on any atom is 0.170 e. The van der Waals surface area contributed by atoms with Crippen molar-refractivity contribution in [3.05, 3.63) is 217 Å². The van der Waals surface area contributed by atoms with Crippen LogP contribution >= 0.6 is 0 Å². The van der Waals surface area contributed by atoms with Crippen molar-refractivity contribution >= 4 is 87.9 Å². The van der Waals surface area contributed by atoms with Gasteiger partial charge in [-0.1, -0.05) is 164 Å². The van der Waals surface area contributed by atoms with E-state index in [0.717, 1.165) is 83.1 Å². The molecule has 1 aliphatic rings. The van der Waals surface area contributed by atoms with Gasteiger partial charge in [-0.2, -0.15) is 0 Å². The van der Waals surface area contributed by atoms with E-state index in [0.29, 0.717) is 5.84 Å². The number of fused-ring (bicyclic) bond motifs is 10. The third-order valence-corrected chi connectivity index (χ3v) is 12.5. The number of hydrogen-bond donors (Lipinski definition) is 1. The van der Waals surface area contributed by atoms with Gasteiger partial charge >= 0.3 is 0 Å². The highest BCUT2D eigenvalue weighted by molar-refractivity contribution is 6.22. The van der Waals surface area contributed by atoms with Crippen LogP contribution in [-0.2, 0) is 0 Å². The van der Waals surface area contributed by atoms with Gasteiger partial charge in [-0.15, -0.1) is 0 Å². The van der Waals surface area contributed by atoms with Crippen molar-refractivity contribution in [2.45, 2.75) is 6.17 Å². The summed E-state index contributed by atoms with van der Waals surface area (Å²) in [6.07, 6.45) is -0.631. The summed E-state index contributed by atoms with van der Waals surface area (Å²) in [5.74, 6) is 1.41. The molecule has 10 aromatic carbocycles. The standard InChI is InChI=1S/C57H35N3O2/c1-3-16-39-34(13-1)15-11-22-40(39)35-27-29-36(30-28-35)55-58-56(47-24-12-23-45-44-20-7-9-25-50(44)62-54(45)47)60-57(59-55)49-32-38(33-52-53(49)46-21-8-10-26-51(46)61-52)48-31-37-14-2-4-17-41(37)42-18-5-6-19-43(42)48/h1-33,57H,(H,58,59,60). The van der Waals surface area contributed by atoms with Crippen LogP contribution in [0.2, 0.25) is 0 Å². The number of amidine groups is 2. The second-order valence-electron chi connectivity index (χ2n) is 16.1. The van der Waals surface area contributed by atoms with Crippen LogP contribution in [0.5, 0.6) is 0 Å². The molecule has 0 saturated heterocycles. The van der Waals surface area contributed by atoms with Crippen LogP contribution in [0.4, 0.5) is 0 Å². The molecule has 0 aliphatic carbocycles. The third-order valence-electron chi connectivity index (χ3n) is 12.5. The lowest BCUT2D eigenvalue weighted by molar-refractivity contribution is 0.666. The minimum atomic E-state index is -0.631. The highest BCUT2D eigenvalue weighted by Gasteiger charge is 2.27. The maximum absolute atomic E-state index is 6.72. The molecule has 0 radical (unpaired) electrons. The normalized spacial score (nSPS) is 14.3. The predicted molar refractivity (Wildman–Crippen MR) is 256 cm³/mol. The molecule has 0 spiro atoms. The largest absolute Gasteiger partial charge is 0.456 e. The highest BCUT2D eigenvalue weighted by atomic mass is 16.3. The minimum absolute atomic E-state index is 0.631. The van der Waals surface area contributed by atoms with Gasteiger partial charge < -0.3 is 14.2 Å². The van der Waals surface area contributed by atoms with Crippen LogP contribution in [0, 0.1) is 0 Å². The summed E-state index contributed by atoms with van der Waals surface area (Å²) < 4.78 is 13.3. The number of nitrogens with one attached hydrogen (secondary N) is 1. The molecule has 12 aromatic rings. The summed E-state index contributed by atoms with van der Waals surface area (Å²) in [6, 6.07) is 70.5. The Labute approximate surface area is 355 Å². The van der Waals surface area contributed by atoms with E-state index in [1.807, 2.05) is 24.3 Å². The second-order valence-corrected chi connectivity index (χ2v) is 16.1. The molecule has 13 rings (SSSR count). The Hall–Kier alpha value is -8.28. The van der Waals surface area contributed by atoms with Gasteiger partial charge in [0.2, 0.25) is 0 Å². The van der Waals surface area contributed by atoms with E-state index in [1.165, 1.54) is 37.9 Å². The molecule has 5 nitrogen and oxygen atoms in total. The van der Waals surface area contributed by atoms with Gasteiger partial charge in [0, 0.05) is 32.7 Å². The van der Waals surface area contributed by atoms with Crippen molar-refractivity contribution in [2.24, 2.45) is 9.98 Å². The molecule has 62 heavy (non-hydrogen) atoms. The monoisotopic (exact) mass is 793 g/mol. The number of hydrogen-bond acceptors (Lipinski definition) is 5. The van der Waals surface area contributed by atoms with E-state index in [9.17, 15) is 0 Å². The van der Waals surface area contributed by atoms with Gasteiger partial charge in [-0.3, -0.25) is 0 Å². The Morgan fingerprint density at radius 2 is 0.952 bits per heavy atom. The molecule has 3 heterocycles. The summed E-state index contributed by atoms with van der Waals surface area (Å²) in [4.78, 5) is 11.0. The minimum Gasteiger partial charge on any atom is -0.456 e. The van der Waals surface area contributed by atoms with Crippen molar-refractivity contribution in [2.75, 3.05) is 0 Å². The van der Waals surface area contributed by atoms with Crippen molar-refractivity contribution in [1.82, 2.24) is 5.32 Å². The molecule has 1 N–H and O–H groups in total. The van der Waals surface area contributed by atoms with Crippen molar-refractivity contribution in [1.29, 1.82) is 0 Å². The van der Waals surface area contributed by atoms with Crippen molar-refractivity contribution < 1.29 is 8.83 Å². The lowest BCUT2D eigenvalue weighted by atomic mass is 9.91. The Bertz CT molecular complexity index is 3850. The number of rotatable bonds is 5. The smallest absolute Gasteiger partial charge is 0.170 e. The summed E-state index contributed by atoms with van der Waals surface area (Å²) >= 11 is 0. The average molecular weight is 794 g/mol. The first-order chi connectivity index (χ1) is 30.7. The Balaban J connectivity index is 1.04. The van der Waals surface area contributed by atoms with Gasteiger partial charge in [0.1, 0.15) is 34.0 Å². The fourth-order valence-corrected chi connectivity index (χ4v) is 9.63. The van der Waals surface area contributed by atoms with Gasteiger partial charge in [0.05, 0.1) is 5.56 Å². The zero-order chi connectivity index (χ0) is 40.7. The highest BCUT2D eigenvalue weighted by Crippen LogP contribution is 2.43. The van der Waals surface area contributed by atoms with E-state index >= 15 is 0 Å². The molecule has 0 fully saturated rings. The molecule has 0 amide bonds. The van der Waals surface area contributed by atoms with E-state index in [-0.39, 0.29) is 0 Å². The van der Waals surface area contributed by atoms with E-state index in [2.05, 4.69) is 181 Å². The molecule has 0 bridgehead atoms. The SMILES string of the molecule is c1ccc2c(-c3ccc(C4=NC(c5cc(-c6cc7ccccc7c7ccccc67)cc6oc7ccccc7c56)N=C(c5cccc6c5oc5ccccc56)N4)cc3)cccc2c1. The van der Waals surface area contributed by atoms with Gasteiger partial charge in [-0.05, 0) is 91.0 Å². The summed E-state index contributed by atoms with van der Waals surface area (Å²) in [6.45, 7) is 0. The number of furan rings is 2. The third kappa shape index (κ3) is 5.42. The molecule has 0 saturated carbocycles. The van der Waals surface area contributed by atoms with E-state index in [1.54, 1.807) is 0 Å². The fourth-order valence-electron chi connectivity index (χ4n) is 9.63. The van der Waals surface area contributed by atoms with Crippen LogP contribution in [0.1, 0.15) is 22.9 Å². The number of para-hydroxylation sites is 3. The van der Waals surface area contributed by atoms with Gasteiger partial charge in [0.15, 0.2) is 6.17 Å². The fraction of sp³-hybridized carbons (Fsp3) is 0.0175. The maximum atomic E-state index is 6.72. The first-order valence-electron chi connectivity index (χ1n) is 21.0. The summed E-state index contributed by atoms with van der Waals surface area (Å²) in [5.41, 5.74) is 10.5. The molecule has 1 atom stereocenters. The van der Waals surface area contributed by atoms with Crippen LogP contribution in [-0.4, -0.2) is 11.7 Å². The summed E-state index contributed by atoms with van der Waals surface area (Å²) in [7, 11) is 0. The number of benzene rings is 10. The Kier molecular flexibility index (Phi) is 7.60. The summed E-state index contributed by atoms with van der Waals surface area (Å²) in [5, 5.41) is 15.1. The average Bonchev–Trinajstić information content (AvgIpc) is 3.92. The van der Waals surface area contributed by atoms with Crippen LogP contribution in [0.15, 0.2) is 219 Å². The van der Waals surface area contributed by atoms with E-state index < -0.39 is 6.17 Å². The van der Waals surface area contributed by atoms with Gasteiger partial charge in [-0.25, -0.2) is 9.98 Å². The molecule has 5 heteroatoms. The predicted octanol–water partition coefficient (Wildman–Crippen LogP) is 14.8.